The fourth-order valence-corrected chi connectivity index (χ4v) is 5.75. The molecule has 1 N–H and O–H groups in total. The van der Waals surface area contributed by atoms with Gasteiger partial charge in [0.1, 0.15) is 5.75 Å². The molecule has 0 radical (unpaired) electrons. The zero-order valence-corrected chi connectivity index (χ0v) is 18.5. The second-order valence-corrected chi connectivity index (χ2v) is 9.26. The number of carboxylic acid groups (broad SMARTS) is 1. The number of amides is 2. The van der Waals surface area contributed by atoms with E-state index in [0.717, 1.165) is 16.5 Å². The minimum Gasteiger partial charge on any atom is -0.493 e. The molecule has 3 aromatic rings. The lowest BCUT2D eigenvalue weighted by Gasteiger charge is -2.41. The van der Waals surface area contributed by atoms with E-state index in [1.807, 2.05) is 18.2 Å². The maximum absolute atomic E-state index is 13.3. The lowest BCUT2D eigenvalue weighted by Crippen LogP contribution is -2.57. The summed E-state index contributed by atoms with van der Waals surface area (Å²) < 4.78 is 7.20. The van der Waals surface area contributed by atoms with Crippen molar-refractivity contribution >= 4 is 45.0 Å². The van der Waals surface area contributed by atoms with Gasteiger partial charge < -0.3 is 19.6 Å². The van der Waals surface area contributed by atoms with Crippen LogP contribution >= 0.6 is 22.9 Å². The fraction of sp³-hybridized carbons (Fsp3) is 0.304. The summed E-state index contributed by atoms with van der Waals surface area (Å²) in [6.45, 7) is 3.45. The van der Waals surface area contributed by atoms with Crippen LogP contribution in [0.25, 0.3) is 21.2 Å². The molecule has 0 aliphatic carbocycles. The lowest BCUT2D eigenvalue weighted by atomic mass is 9.97. The van der Waals surface area contributed by atoms with Crippen LogP contribution in [0.1, 0.15) is 22.3 Å². The van der Waals surface area contributed by atoms with Crippen molar-refractivity contribution in [2.24, 2.45) is 0 Å². The van der Waals surface area contributed by atoms with Crippen molar-refractivity contribution in [3.63, 3.8) is 0 Å². The van der Waals surface area contributed by atoms with Crippen molar-refractivity contribution in [3.8, 4) is 16.9 Å². The summed E-state index contributed by atoms with van der Waals surface area (Å²) >= 11 is 8.40. The molecule has 1 fully saturated rings. The SMILES string of the molecule is Cc1csc2cccc(-c3cc4c(cc3Cl)C(=O)N3CCN(C(=O)O)C[C@@H]3CCO4)c12. The molecule has 2 aromatic carbocycles. The Bertz CT molecular complexity index is 1210. The van der Waals surface area contributed by atoms with Gasteiger partial charge in [-0.3, -0.25) is 4.79 Å². The van der Waals surface area contributed by atoms with Gasteiger partial charge in [-0.15, -0.1) is 11.3 Å². The number of nitrogens with zero attached hydrogens (tertiary/aromatic N) is 2. The van der Waals surface area contributed by atoms with Crippen LogP contribution in [0.2, 0.25) is 5.02 Å². The van der Waals surface area contributed by atoms with E-state index in [0.29, 0.717) is 49.0 Å². The number of carbonyl (C=O) groups excluding carboxylic acids is 1. The molecule has 0 spiro atoms. The fourth-order valence-electron chi connectivity index (χ4n) is 4.52. The molecule has 0 unspecified atom stereocenters. The number of hydrogen-bond acceptors (Lipinski definition) is 4. The van der Waals surface area contributed by atoms with Gasteiger partial charge in [-0.25, -0.2) is 4.79 Å². The molecule has 6 nitrogen and oxygen atoms in total. The zero-order valence-electron chi connectivity index (χ0n) is 16.9. The minimum absolute atomic E-state index is 0.164. The lowest BCUT2D eigenvalue weighted by molar-refractivity contribution is 0.0374. The van der Waals surface area contributed by atoms with Crippen LogP contribution in [0.3, 0.4) is 0 Å². The van der Waals surface area contributed by atoms with Gasteiger partial charge in [-0.05, 0) is 41.6 Å². The van der Waals surface area contributed by atoms with Crippen LogP contribution in [-0.2, 0) is 0 Å². The van der Waals surface area contributed by atoms with Gasteiger partial charge >= 0.3 is 6.09 Å². The molecule has 8 heteroatoms. The normalized spacial score (nSPS) is 18.8. The number of halogens is 1. The Balaban J connectivity index is 1.56. The number of benzene rings is 2. The molecular formula is C23H21ClN2O4S. The predicted octanol–water partition coefficient (Wildman–Crippen LogP) is 5.12. The molecular weight excluding hydrogens is 436 g/mol. The number of hydrogen-bond donors (Lipinski definition) is 1. The summed E-state index contributed by atoms with van der Waals surface area (Å²) in [5.74, 6) is 0.358. The summed E-state index contributed by atoms with van der Waals surface area (Å²) in [7, 11) is 0. The van der Waals surface area contributed by atoms with E-state index in [-0.39, 0.29) is 11.9 Å². The summed E-state index contributed by atoms with van der Waals surface area (Å²) in [5, 5.41) is 13.1. The van der Waals surface area contributed by atoms with E-state index in [1.165, 1.54) is 15.2 Å². The van der Waals surface area contributed by atoms with Crippen molar-refractivity contribution in [1.29, 1.82) is 0 Å². The van der Waals surface area contributed by atoms with Crippen LogP contribution in [0.5, 0.6) is 5.75 Å². The van der Waals surface area contributed by atoms with Crippen LogP contribution in [0.4, 0.5) is 4.79 Å². The molecule has 2 aliphatic rings. The number of fused-ring (bicyclic) bond motifs is 3. The Kier molecular flexibility index (Phi) is 5.02. The van der Waals surface area contributed by atoms with E-state index in [4.69, 9.17) is 16.3 Å². The molecule has 0 bridgehead atoms. The van der Waals surface area contributed by atoms with Gasteiger partial charge in [0, 0.05) is 46.7 Å². The number of thiophene rings is 1. The third-order valence-electron chi connectivity index (χ3n) is 6.10. The van der Waals surface area contributed by atoms with Gasteiger partial charge in [0.05, 0.1) is 18.2 Å². The minimum atomic E-state index is -0.957. The van der Waals surface area contributed by atoms with Crippen LogP contribution < -0.4 is 4.74 Å². The summed E-state index contributed by atoms with van der Waals surface area (Å²) in [5.41, 5.74) is 3.48. The first-order valence-corrected chi connectivity index (χ1v) is 11.4. The molecule has 1 atom stereocenters. The number of piperazine rings is 1. The molecule has 2 aliphatic heterocycles. The Labute approximate surface area is 188 Å². The van der Waals surface area contributed by atoms with Crippen molar-refractivity contribution in [2.45, 2.75) is 19.4 Å². The average molecular weight is 457 g/mol. The second-order valence-electron chi connectivity index (χ2n) is 7.94. The van der Waals surface area contributed by atoms with Crippen LogP contribution in [0.15, 0.2) is 35.7 Å². The monoisotopic (exact) mass is 456 g/mol. The van der Waals surface area contributed by atoms with Crippen molar-refractivity contribution in [3.05, 3.63) is 51.9 Å². The molecule has 5 rings (SSSR count). The van der Waals surface area contributed by atoms with E-state index >= 15 is 0 Å². The predicted molar refractivity (Wildman–Crippen MR) is 122 cm³/mol. The van der Waals surface area contributed by atoms with Gasteiger partial charge in [-0.1, -0.05) is 23.7 Å². The largest absolute Gasteiger partial charge is 0.493 e. The van der Waals surface area contributed by atoms with Gasteiger partial charge in [0.15, 0.2) is 0 Å². The molecule has 2 amide bonds. The van der Waals surface area contributed by atoms with Crippen molar-refractivity contribution in [1.82, 2.24) is 9.80 Å². The highest BCUT2D eigenvalue weighted by molar-refractivity contribution is 7.17. The van der Waals surface area contributed by atoms with E-state index in [1.54, 1.807) is 22.3 Å². The number of ether oxygens (including phenoxy) is 1. The molecule has 0 saturated carbocycles. The maximum Gasteiger partial charge on any atom is 0.407 e. The van der Waals surface area contributed by atoms with Crippen molar-refractivity contribution < 1.29 is 19.4 Å². The Hall–Kier alpha value is -2.77. The highest BCUT2D eigenvalue weighted by Gasteiger charge is 2.35. The van der Waals surface area contributed by atoms with Crippen molar-refractivity contribution in [2.75, 3.05) is 26.2 Å². The van der Waals surface area contributed by atoms with Crippen LogP contribution in [-0.4, -0.2) is 59.2 Å². The van der Waals surface area contributed by atoms with E-state index in [2.05, 4.69) is 18.4 Å². The highest BCUT2D eigenvalue weighted by Crippen LogP contribution is 2.41. The number of aryl methyl sites for hydroxylation is 1. The summed E-state index contributed by atoms with van der Waals surface area (Å²) in [6.07, 6.45) is -0.382. The number of carbonyl (C=O) groups is 2. The topological polar surface area (TPSA) is 70.1 Å². The first-order valence-electron chi connectivity index (χ1n) is 10.2. The zero-order chi connectivity index (χ0) is 21.7. The summed E-state index contributed by atoms with van der Waals surface area (Å²) in [6, 6.07) is 9.51. The number of rotatable bonds is 1. The van der Waals surface area contributed by atoms with E-state index < -0.39 is 6.09 Å². The quantitative estimate of drug-likeness (QED) is 0.552. The summed E-state index contributed by atoms with van der Waals surface area (Å²) in [4.78, 5) is 27.8. The van der Waals surface area contributed by atoms with Crippen LogP contribution in [0, 0.1) is 6.92 Å². The molecule has 160 valence electrons. The third kappa shape index (κ3) is 3.42. The standard InChI is InChI=1S/C23H21ClN2O4S/c1-13-12-31-20-4-2-3-15(21(13)20)16-10-19-17(9-18(16)24)22(27)26-7-6-25(23(28)29)11-14(26)5-8-30-19/h2-4,9-10,12,14H,5-8,11H2,1H3,(H,28,29)/t14-/m0/s1. The second kappa shape index (κ2) is 7.73. The molecule has 1 aromatic heterocycles. The Morgan fingerprint density at radius 1 is 1.23 bits per heavy atom. The Morgan fingerprint density at radius 2 is 2.06 bits per heavy atom. The molecule has 3 heterocycles. The van der Waals surface area contributed by atoms with Gasteiger partial charge in [0.25, 0.3) is 5.91 Å². The highest BCUT2D eigenvalue weighted by atomic mass is 35.5. The Morgan fingerprint density at radius 3 is 2.87 bits per heavy atom. The van der Waals surface area contributed by atoms with Gasteiger partial charge in [0.2, 0.25) is 0 Å². The molecule has 1 saturated heterocycles. The maximum atomic E-state index is 13.3. The van der Waals surface area contributed by atoms with E-state index in [9.17, 15) is 14.7 Å². The van der Waals surface area contributed by atoms with Gasteiger partial charge in [-0.2, -0.15) is 0 Å². The first-order chi connectivity index (χ1) is 14.9. The first kappa shape index (κ1) is 20.2. The third-order valence-corrected chi connectivity index (χ3v) is 7.47. The smallest absolute Gasteiger partial charge is 0.407 e. The average Bonchev–Trinajstić information content (AvgIpc) is 3.14. The molecule has 31 heavy (non-hydrogen) atoms.